The van der Waals surface area contributed by atoms with E-state index >= 15 is 0 Å². The Morgan fingerprint density at radius 1 is 1.45 bits per heavy atom. The molecule has 0 saturated carbocycles. The van der Waals surface area contributed by atoms with Crippen LogP contribution in [0.5, 0.6) is 0 Å². The van der Waals surface area contributed by atoms with Gasteiger partial charge in [0.2, 0.25) is 0 Å². The van der Waals surface area contributed by atoms with Gasteiger partial charge in [0.05, 0.1) is 12.9 Å². The van der Waals surface area contributed by atoms with Crippen molar-refractivity contribution in [2.75, 3.05) is 6.61 Å². The summed E-state index contributed by atoms with van der Waals surface area (Å²) in [6.07, 6.45) is -0.383. The zero-order valence-corrected chi connectivity index (χ0v) is 11.3. The number of hydrogen-bond acceptors (Lipinski definition) is 7. The standard InChI is InChI=1S/C11H13ClN4O4/c1-11(19)7(18)5(2-17)20-10(11)16-4-15-6-8(12)13-3-14-9(6)16/h3-5,7,10,17-19H,2H2,1H3/t5-,7-,10-,11-/m0/s1. The van der Waals surface area contributed by atoms with E-state index in [9.17, 15) is 15.3 Å². The summed E-state index contributed by atoms with van der Waals surface area (Å²) in [5.41, 5.74) is -0.852. The largest absolute Gasteiger partial charge is 0.394 e. The topological polar surface area (TPSA) is 114 Å². The lowest BCUT2D eigenvalue weighted by molar-refractivity contribution is -0.0950. The van der Waals surface area contributed by atoms with Crippen molar-refractivity contribution in [2.45, 2.75) is 31.0 Å². The maximum absolute atomic E-state index is 10.4. The fraction of sp³-hybridized carbons (Fsp3) is 0.545. The summed E-state index contributed by atoms with van der Waals surface area (Å²) in [4.78, 5) is 11.9. The van der Waals surface area contributed by atoms with E-state index in [1.54, 1.807) is 0 Å². The number of aromatic nitrogens is 4. The molecule has 0 radical (unpaired) electrons. The van der Waals surface area contributed by atoms with Crippen LogP contribution in [0.4, 0.5) is 0 Å². The van der Waals surface area contributed by atoms with E-state index < -0.39 is 30.6 Å². The van der Waals surface area contributed by atoms with Crippen molar-refractivity contribution in [2.24, 2.45) is 0 Å². The second-order valence-electron chi connectivity index (χ2n) is 4.87. The van der Waals surface area contributed by atoms with Gasteiger partial charge in [0, 0.05) is 0 Å². The molecule has 3 N–H and O–H groups in total. The Morgan fingerprint density at radius 2 is 2.20 bits per heavy atom. The second-order valence-corrected chi connectivity index (χ2v) is 5.23. The molecule has 0 unspecified atom stereocenters. The van der Waals surface area contributed by atoms with Crippen LogP contribution < -0.4 is 0 Å². The summed E-state index contributed by atoms with van der Waals surface area (Å²) < 4.78 is 6.96. The van der Waals surface area contributed by atoms with E-state index in [4.69, 9.17) is 16.3 Å². The molecule has 108 valence electrons. The number of hydrogen-bond donors (Lipinski definition) is 3. The Labute approximate surface area is 118 Å². The molecule has 4 atom stereocenters. The SMILES string of the molecule is C[C@@]1(O)[C@@H](n2cnc3c(Cl)ncnc32)O[C@@H](CO)[C@@H]1O. The van der Waals surface area contributed by atoms with Crippen LogP contribution in [0.2, 0.25) is 5.15 Å². The molecule has 3 heterocycles. The quantitative estimate of drug-likeness (QED) is 0.640. The van der Waals surface area contributed by atoms with Crippen LogP contribution in [-0.2, 0) is 4.74 Å². The molecule has 1 aliphatic heterocycles. The lowest BCUT2D eigenvalue weighted by Gasteiger charge is -2.27. The van der Waals surface area contributed by atoms with Crippen LogP contribution in [0, 0.1) is 0 Å². The summed E-state index contributed by atoms with van der Waals surface area (Å²) in [6, 6.07) is 0. The van der Waals surface area contributed by atoms with Crippen molar-refractivity contribution in [1.82, 2.24) is 19.5 Å². The van der Waals surface area contributed by atoms with Crippen LogP contribution in [0.25, 0.3) is 11.2 Å². The summed E-state index contributed by atoms with van der Waals surface area (Å²) in [5.74, 6) is 0. The minimum atomic E-state index is -1.60. The molecule has 1 saturated heterocycles. The van der Waals surface area contributed by atoms with Gasteiger partial charge in [-0.2, -0.15) is 0 Å². The van der Waals surface area contributed by atoms with Gasteiger partial charge in [-0.3, -0.25) is 4.57 Å². The smallest absolute Gasteiger partial charge is 0.168 e. The maximum atomic E-state index is 10.4. The third kappa shape index (κ3) is 1.80. The number of aliphatic hydroxyl groups is 3. The highest BCUT2D eigenvalue weighted by molar-refractivity contribution is 6.33. The minimum Gasteiger partial charge on any atom is -0.394 e. The Hall–Kier alpha value is -1.32. The fourth-order valence-corrected chi connectivity index (χ4v) is 2.56. The average Bonchev–Trinajstić information content (AvgIpc) is 2.92. The Kier molecular flexibility index (Phi) is 3.14. The van der Waals surface area contributed by atoms with Crippen molar-refractivity contribution in [3.63, 3.8) is 0 Å². The first-order valence-corrected chi connectivity index (χ1v) is 6.34. The summed E-state index contributed by atoms with van der Waals surface area (Å²) in [5, 5.41) is 29.8. The van der Waals surface area contributed by atoms with Gasteiger partial charge in [-0.25, -0.2) is 15.0 Å². The highest BCUT2D eigenvalue weighted by Crippen LogP contribution is 2.39. The van der Waals surface area contributed by atoms with E-state index in [-0.39, 0.29) is 5.15 Å². The molecule has 0 aromatic carbocycles. The molecule has 1 aliphatic rings. The van der Waals surface area contributed by atoms with Gasteiger partial charge in [0.15, 0.2) is 17.0 Å². The minimum absolute atomic E-state index is 0.186. The van der Waals surface area contributed by atoms with E-state index in [1.807, 2.05) is 0 Å². The first kappa shape index (κ1) is 13.7. The third-order valence-corrected chi connectivity index (χ3v) is 3.78. The normalized spacial score (nSPS) is 34.0. The molecular formula is C11H13ClN4O4. The number of aliphatic hydroxyl groups excluding tert-OH is 2. The highest BCUT2D eigenvalue weighted by Gasteiger charge is 2.53. The maximum Gasteiger partial charge on any atom is 0.168 e. The van der Waals surface area contributed by atoms with Gasteiger partial charge in [0.25, 0.3) is 0 Å². The van der Waals surface area contributed by atoms with Gasteiger partial charge >= 0.3 is 0 Å². The molecule has 20 heavy (non-hydrogen) atoms. The monoisotopic (exact) mass is 300 g/mol. The van der Waals surface area contributed by atoms with Crippen LogP contribution >= 0.6 is 11.6 Å². The molecule has 0 spiro atoms. The molecule has 1 fully saturated rings. The predicted molar refractivity (Wildman–Crippen MR) is 68.0 cm³/mol. The first-order chi connectivity index (χ1) is 9.46. The lowest BCUT2D eigenvalue weighted by Crippen LogP contribution is -2.44. The first-order valence-electron chi connectivity index (χ1n) is 5.96. The van der Waals surface area contributed by atoms with Crippen LogP contribution in [0.15, 0.2) is 12.7 Å². The molecule has 2 aromatic rings. The zero-order valence-electron chi connectivity index (χ0n) is 10.5. The van der Waals surface area contributed by atoms with Crippen molar-refractivity contribution in [3.8, 4) is 0 Å². The van der Waals surface area contributed by atoms with E-state index in [0.717, 1.165) is 0 Å². The number of ether oxygens (including phenoxy) is 1. The van der Waals surface area contributed by atoms with Crippen LogP contribution in [0.3, 0.4) is 0 Å². The fourth-order valence-electron chi connectivity index (χ4n) is 2.39. The number of rotatable bonds is 2. The number of halogens is 1. The van der Waals surface area contributed by atoms with Gasteiger partial charge in [-0.15, -0.1) is 0 Å². The highest BCUT2D eigenvalue weighted by atomic mass is 35.5. The molecule has 9 heteroatoms. The number of imidazole rings is 1. The zero-order chi connectivity index (χ0) is 14.5. The summed E-state index contributed by atoms with van der Waals surface area (Å²) >= 11 is 5.91. The van der Waals surface area contributed by atoms with E-state index in [0.29, 0.717) is 11.2 Å². The summed E-state index contributed by atoms with van der Waals surface area (Å²) in [7, 11) is 0. The molecule has 3 rings (SSSR count). The predicted octanol–water partition coefficient (Wildman–Crippen LogP) is -0.519. The Morgan fingerprint density at radius 3 is 2.85 bits per heavy atom. The van der Waals surface area contributed by atoms with Gasteiger partial charge in [-0.05, 0) is 6.92 Å². The number of fused-ring (bicyclic) bond motifs is 1. The molecule has 0 amide bonds. The Bertz CT molecular complexity index is 646. The van der Waals surface area contributed by atoms with E-state index in [1.165, 1.54) is 24.1 Å². The number of nitrogens with zero attached hydrogens (tertiary/aromatic N) is 4. The third-order valence-electron chi connectivity index (χ3n) is 3.50. The van der Waals surface area contributed by atoms with Crippen molar-refractivity contribution >= 4 is 22.8 Å². The van der Waals surface area contributed by atoms with E-state index in [2.05, 4.69) is 15.0 Å². The van der Waals surface area contributed by atoms with Crippen LogP contribution in [0.1, 0.15) is 13.2 Å². The molecule has 0 bridgehead atoms. The van der Waals surface area contributed by atoms with Crippen molar-refractivity contribution in [1.29, 1.82) is 0 Å². The second kappa shape index (κ2) is 4.61. The molecule has 8 nitrogen and oxygen atoms in total. The summed E-state index contributed by atoms with van der Waals surface area (Å²) in [6.45, 7) is 1.02. The molecule has 0 aliphatic carbocycles. The Balaban J connectivity index is 2.10. The molecular weight excluding hydrogens is 288 g/mol. The van der Waals surface area contributed by atoms with Gasteiger partial charge < -0.3 is 20.1 Å². The van der Waals surface area contributed by atoms with Gasteiger partial charge in [0.1, 0.15) is 29.7 Å². The molecule has 2 aromatic heterocycles. The van der Waals surface area contributed by atoms with Gasteiger partial charge in [-0.1, -0.05) is 11.6 Å². The average molecular weight is 301 g/mol. The van der Waals surface area contributed by atoms with Crippen molar-refractivity contribution < 1.29 is 20.1 Å². The van der Waals surface area contributed by atoms with Crippen molar-refractivity contribution in [3.05, 3.63) is 17.8 Å². The van der Waals surface area contributed by atoms with Crippen LogP contribution in [-0.4, -0.2) is 59.3 Å². The lowest BCUT2D eigenvalue weighted by atomic mass is 9.96.